The molecule has 3 heterocycles. The summed E-state index contributed by atoms with van der Waals surface area (Å²) in [5, 5.41) is 13.8. The molecule has 9 rings (SSSR count). The minimum absolute atomic E-state index is 0.125. The van der Waals surface area contributed by atoms with Gasteiger partial charge >= 0.3 is 0 Å². The summed E-state index contributed by atoms with van der Waals surface area (Å²) < 4.78 is 4.48. The van der Waals surface area contributed by atoms with Crippen molar-refractivity contribution in [2.75, 3.05) is 24.6 Å². The monoisotopic (exact) mass is 447 g/mol. The lowest BCUT2D eigenvalue weighted by molar-refractivity contribution is -0.324. The minimum Gasteiger partial charge on any atom is -0.346 e. The molecule has 8 heteroatoms. The second-order valence-electron chi connectivity index (χ2n) is 12.1. The van der Waals surface area contributed by atoms with Crippen LogP contribution in [0.25, 0.3) is 0 Å². The van der Waals surface area contributed by atoms with E-state index in [0.29, 0.717) is 23.2 Å². The first-order chi connectivity index (χ1) is 14.3. The first-order valence-corrected chi connectivity index (χ1v) is 13.8. The molecule has 8 atom stereocenters. The van der Waals surface area contributed by atoms with E-state index in [0.717, 1.165) is 11.8 Å². The molecule has 0 aromatic carbocycles. The standard InChI is InChI=1S/C22H33N5OS2/c1-18(2)13-9-15(21(17(18)11-13)23-25-28-21)16-10-14-12-20(19(14,3)4,22(16)24-26-30-22)27-5-7-29-8-6-27/h13-17H,5-12H2,1-4H3. The zero-order valence-electron chi connectivity index (χ0n) is 18.5. The van der Waals surface area contributed by atoms with E-state index in [-0.39, 0.29) is 15.8 Å². The molecule has 9 aliphatic rings. The third-order valence-corrected chi connectivity index (χ3v) is 13.2. The quantitative estimate of drug-likeness (QED) is 0.530. The smallest absolute Gasteiger partial charge is 0.257 e. The molecule has 30 heavy (non-hydrogen) atoms. The first kappa shape index (κ1) is 19.2. The lowest BCUT2D eigenvalue weighted by Crippen LogP contribution is -2.85. The van der Waals surface area contributed by atoms with Gasteiger partial charge in [0.15, 0.2) is 4.87 Å². The first-order valence-electron chi connectivity index (χ1n) is 11.8. The summed E-state index contributed by atoms with van der Waals surface area (Å²) >= 11 is 3.91. The highest BCUT2D eigenvalue weighted by atomic mass is 32.2. The Kier molecular flexibility index (Phi) is 3.57. The molecule has 7 fully saturated rings. The van der Waals surface area contributed by atoms with Crippen LogP contribution >= 0.6 is 23.7 Å². The lowest BCUT2D eigenvalue weighted by Gasteiger charge is -2.78. The molecule has 2 spiro atoms. The predicted molar refractivity (Wildman–Crippen MR) is 119 cm³/mol. The van der Waals surface area contributed by atoms with E-state index in [1.54, 1.807) is 11.9 Å². The van der Waals surface area contributed by atoms with Gasteiger partial charge in [0.25, 0.3) is 5.72 Å². The molecular weight excluding hydrogens is 414 g/mol. The van der Waals surface area contributed by atoms with Crippen molar-refractivity contribution in [1.29, 1.82) is 0 Å². The number of nitrogens with zero attached hydrogens (tertiary/aromatic N) is 5. The minimum atomic E-state index is -0.394. The molecule has 0 radical (unpaired) electrons. The topological polar surface area (TPSA) is 61.9 Å². The predicted octanol–water partition coefficient (Wildman–Crippen LogP) is 5.43. The van der Waals surface area contributed by atoms with Gasteiger partial charge in [0.1, 0.15) is 0 Å². The fraction of sp³-hybridized carbons (Fsp3) is 1.00. The van der Waals surface area contributed by atoms with Crippen LogP contribution in [-0.4, -0.2) is 45.6 Å². The molecule has 6 nitrogen and oxygen atoms in total. The van der Waals surface area contributed by atoms with Crippen LogP contribution in [0, 0.1) is 40.4 Å². The van der Waals surface area contributed by atoms with E-state index in [1.165, 1.54) is 50.3 Å². The normalized spacial score (nSPS) is 56.5. The zero-order chi connectivity index (χ0) is 20.6. The summed E-state index contributed by atoms with van der Waals surface area (Å²) in [7, 11) is 0. The highest BCUT2D eigenvalue weighted by Crippen LogP contribution is 2.79. The van der Waals surface area contributed by atoms with Gasteiger partial charge < -0.3 is 4.84 Å². The largest absolute Gasteiger partial charge is 0.346 e. The third-order valence-electron chi connectivity index (χ3n) is 11.1. The van der Waals surface area contributed by atoms with Gasteiger partial charge in [-0.05, 0) is 48.3 Å². The van der Waals surface area contributed by atoms with Gasteiger partial charge in [-0.15, -0.1) is 9.63 Å². The molecule has 0 aromatic heterocycles. The van der Waals surface area contributed by atoms with Gasteiger partial charge in [0.05, 0.1) is 5.54 Å². The van der Waals surface area contributed by atoms with E-state index in [9.17, 15) is 0 Å². The van der Waals surface area contributed by atoms with Crippen LogP contribution in [0.4, 0.5) is 0 Å². The molecule has 3 aliphatic heterocycles. The van der Waals surface area contributed by atoms with Crippen molar-refractivity contribution in [3.63, 3.8) is 0 Å². The van der Waals surface area contributed by atoms with Crippen molar-refractivity contribution in [2.45, 2.75) is 69.5 Å². The van der Waals surface area contributed by atoms with E-state index in [1.807, 2.05) is 0 Å². The van der Waals surface area contributed by atoms with Gasteiger partial charge in [-0.25, -0.2) is 0 Å². The van der Waals surface area contributed by atoms with Crippen LogP contribution in [0.5, 0.6) is 0 Å². The molecular formula is C22H33N5OS2. The Hall–Kier alpha value is -0.340. The lowest BCUT2D eigenvalue weighted by atomic mass is 9.35. The van der Waals surface area contributed by atoms with Gasteiger partial charge in [-0.2, -0.15) is 16.9 Å². The second kappa shape index (κ2) is 5.58. The SMILES string of the molecule is CC1(C)C2CC(C3CC4CC(N5CCSCC5)(C4(C)C)C34N=NS4)C3(N=NO3)C1C2. The van der Waals surface area contributed by atoms with E-state index in [2.05, 4.69) is 54.2 Å². The van der Waals surface area contributed by atoms with Gasteiger partial charge in [0, 0.05) is 59.6 Å². The van der Waals surface area contributed by atoms with Gasteiger partial charge in [-0.3, -0.25) is 4.90 Å². The second-order valence-corrected chi connectivity index (χ2v) is 14.3. The highest BCUT2D eigenvalue weighted by molar-refractivity contribution is 8.00. The Labute approximate surface area is 187 Å². The summed E-state index contributed by atoms with van der Waals surface area (Å²) in [6.45, 7) is 12.3. The number of rotatable bonds is 2. The Morgan fingerprint density at radius 1 is 0.933 bits per heavy atom. The Morgan fingerprint density at radius 3 is 2.17 bits per heavy atom. The van der Waals surface area contributed by atoms with Crippen LogP contribution in [0.15, 0.2) is 20.0 Å². The fourth-order valence-electron chi connectivity index (χ4n) is 9.13. The van der Waals surface area contributed by atoms with Crippen LogP contribution in [0.3, 0.4) is 0 Å². The number of thioether (sulfide) groups is 1. The molecule has 0 N–H and O–H groups in total. The molecule has 4 bridgehead atoms. The van der Waals surface area contributed by atoms with Crippen molar-refractivity contribution < 1.29 is 4.84 Å². The fourth-order valence-corrected chi connectivity index (χ4v) is 11.3. The molecule has 8 unspecified atom stereocenters. The molecule has 164 valence electrons. The summed E-state index contributed by atoms with van der Waals surface area (Å²) in [6, 6.07) is 0. The molecule has 6 saturated carbocycles. The Balaban J connectivity index is 1.32. The van der Waals surface area contributed by atoms with Crippen molar-refractivity contribution in [3.05, 3.63) is 0 Å². The molecule has 6 aliphatic carbocycles. The van der Waals surface area contributed by atoms with E-state index >= 15 is 0 Å². The molecule has 0 aromatic rings. The van der Waals surface area contributed by atoms with Crippen LogP contribution in [0.1, 0.15) is 53.4 Å². The molecule has 1 saturated heterocycles. The van der Waals surface area contributed by atoms with Crippen molar-refractivity contribution in [3.8, 4) is 0 Å². The Bertz CT molecular complexity index is 856. The number of fused-ring (bicyclic) bond motifs is 3. The van der Waals surface area contributed by atoms with Crippen molar-refractivity contribution in [1.82, 2.24) is 4.90 Å². The number of hydrogen-bond donors (Lipinski definition) is 0. The maximum atomic E-state index is 6.11. The average molecular weight is 448 g/mol. The maximum absolute atomic E-state index is 6.11. The van der Waals surface area contributed by atoms with Gasteiger partial charge in [0.2, 0.25) is 0 Å². The molecule has 0 amide bonds. The van der Waals surface area contributed by atoms with Crippen molar-refractivity contribution >= 4 is 23.7 Å². The van der Waals surface area contributed by atoms with E-state index < -0.39 is 5.72 Å². The van der Waals surface area contributed by atoms with E-state index in [4.69, 9.17) is 15.1 Å². The number of hydrogen-bond acceptors (Lipinski definition) is 8. The summed E-state index contributed by atoms with van der Waals surface area (Å²) in [6.07, 6.45) is 4.99. The highest BCUT2D eigenvalue weighted by Gasteiger charge is 2.83. The van der Waals surface area contributed by atoms with Crippen molar-refractivity contribution in [2.24, 2.45) is 60.4 Å². The summed E-state index contributed by atoms with van der Waals surface area (Å²) in [4.78, 5) is 8.82. The summed E-state index contributed by atoms with van der Waals surface area (Å²) in [5.41, 5.74) is 0.328. The summed E-state index contributed by atoms with van der Waals surface area (Å²) in [5.74, 6) is 5.45. The van der Waals surface area contributed by atoms with Crippen LogP contribution < -0.4 is 0 Å². The zero-order valence-corrected chi connectivity index (χ0v) is 20.1. The average Bonchev–Trinajstić information content (AvgIpc) is 2.70. The van der Waals surface area contributed by atoms with Gasteiger partial charge in [-0.1, -0.05) is 27.7 Å². The maximum Gasteiger partial charge on any atom is 0.257 e. The third kappa shape index (κ3) is 1.79. The van der Waals surface area contributed by atoms with Crippen LogP contribution in [-0.2, 0) is 4.84 Å². The Morgan fingerprint density at radius 2 is 1.63 bits per heavy atom. The van der Waals surface area contributed by atoms with Crippen LogP contribution in [0.2, 0.25) is 0 Å².